The van der Waals surface area contributed by atoms with Gasteiger partial charge in [0.15, 0.2) is 0 Å². The van der Waals surface area contributed by atoms with Crippen LogP contribution in [-0.4, -0.2) is 47.0 Å². The number of nitrogens with one attached hydrogen (secondary N) is 1. The van der Waals surface area contributed by atoms with Crippen molar-refractivity contribution in [2.75, 3.05) is 25.9 Å². The largest absolute Gasteiger partial charge is 0.240 e. The Labute approximate surface area is 152 Å². The van der Waals surface area contributed by atoms with Gasteiger partial charge in [0.1, 0.15) is 0 Å². The molecule has 0 radical (unpaired) electrons. The van der Waals surface area contributed by atoms with Crippen molar-refractivity contribution in [3.63, 3.8) is 0 Å². The molecule has 0 atom stereocenters. The Morgan fingerprint density at radius 1 is 0.960 bits per heavy atom. The Bertz CT molecular complexity index is 739. The lowest BCUT2D eigenvalue weighted by Gasteiger charge is -2.21. The molecule has 0 amide bonds. The first-order chi connectivity index (χ1) is 11.4. The smallest absolute Gasteiger partial charge is 0.213 e. The summed E-state index contributed by atoms with van der Waals surface area (Å²) in [4.78, 5) is 0.185. The van der Waals surface area contributed by atoms with Gasteiger partial charge < -0.3 is 0 Å². The Morgan fingerprint density at radius 2 is 1.52 bits per heavy atom. The number of nitrogens with zero attached hydrogens (tertiary/aromatic N) is 1. The topological polar surface area (TPSA) is 83.6 Å². The average Bonchev–Trinajstić information content (AvgIpc) is 2.49. The van der Waals surface area contributed by atoms with Crippen molar-refractivity contribution in [1.29, 1.82) is 0 Å². The van der Waals surface area contributed by atoms with Gasteiger partial charge >= 0.3 is 0 Å². The molecule has 0 unspecified atom stereocenters. The van der Waals surface area contributed by atoms with Gasteiger partial charge in [-0.1, -0.05) is 39.8 Å². The number of hydrogen-bond donors (Lipinski definition) is 1. The molecule has 0 aliphatic heterocycles. The third kappa shape index (κ3) is 7.43. The van der Waals surface area contributed by atoms with Gasteiger partial charge in [-0.25, -0.2) is 25.9 Å². The zero-order valence-electron chi connectivity index (χ0n) is 15.7. The van der Waals surface area contributed by atoms with Crippen LogP contribution in [0.2, 0.25) is 0 Å². The SMILES string of the molecule is CC(C)CCN(CCNS(=O)(=O)c1ccc(C(C)C)cc1)S(C)(=O)=O. The van der Waals surface area contributed by atoms with Gasteiger partial charge in [-0.2, -0.15) is 0 Å². The highest BCUT2D eigenvalue weighted by Gasteiger charge is 2.19. The van der Waals surface area contributed by atoms with Crippen molar-refractivity contribution in [2.24, 2.45) is 5.92 Å². The van der Waals surface area contributed by atoms with E-state index in [0.29, 0.717) is 18.4 Å². The minimum Gasteiger partial charge on any atom is -0.213 e. The van der Waals surface area contributed by atoms with Crippen LogP contribution < -0.4 is 4.72 Å². The number of hydrogen-bond acceptors (Lipinski definition) is 4. The predicted molar refractivity (Wildman–Crippen MR) is 102 cm³/mol. The lowest BCUT2D eigenvalue weighted by Crippen LogP contribution is -2.38. The lowest BCUT2D eigenvalue weighted by atomic mass is 10.0. The molecule has 1 rings (SSSR count). The molecule has 1 N–H and O–H groups in total. The molecule has 0 heterocycles. The standard InChI is InChI=1S/C17H30N2O4S2/c1-14(2)10-12-19(24(5,20)21)13-11-18-25(22,23)17-8-6-16(7-9-17)15(3)4/h6-9,14-15,18H,10-13H2,1-5H3. The van der Waals surface area contributed by atoms with Crippen molar-refractivity contribution in [3.8, 4) is 0 Å². The molecule has 0 aliphatic rings. The summed E-state index contributed by atoms with van der Waals surface area (Å²) in [5.74, 6) is 0.703. The Morgan fingerprint density at radius 3 is 1.96 bits per heavy atom. The zero-order valence-corrected chi connectivity index (χ0v) is 17.3. The van der Waals surface area contributed by atoms with E-state index in [9.17, 15) is 16.8 Å². The molecule has 144 valence electrons. The van der Waals surface area contributed by atoms with E-state index in [0.717, 1.165) is 18.2 Å². The molecular formula is C17H30N2O4S2. The van der Waals surface area contributed by atoms with Gasteiger partial charge in [0, 0.05) is 19.6 Å². The van der Waals surface area contributed by atoms with E-state index in [4.69, 9.17) is 0 Å². The predicted octanol–water partition coefficient (Wildman–Crippen LogP) is 2.40. The molecule has 0 saturated heterocycles. The summed E-state index contributed by atoms with van der Waals surface area (Å²) >= 11 is 0. The minimum absolute atomic E-state index is 0.0411. The maximum atomic E-state index is 12.3. The molecule has 1 aromatic rings. The quantitative estimate of drug-likeness (QED) is 0.665. The van der Waals surface area contributed by atoms with Crippen molar-refractivity contribution in [2.45, 2.75) is 44.9 Å². The maximum absolute atomic E-state index is 12.3. The summed E-state index contributed by atoms with van der Waals surface area (Å²) < 4.78 is 52.1. The van der Waals surface area contributed by atoms with E-state index in [1.165, 1.54) is 4.31 Å². The first kappa shape index (κ1) is 22.1. The molecule has 8 heteroatoms. The first-order valence-corrected chi connectivity index (χ1v) is 11.8. The van der Waals surface area contributed by atoms with Crippen LogP contribution in [0.3, 0.4) is 0 Å². The van der Waals surface area contributed by atoms with Gasteiger partial charge in [-0.05, 0) is 36.0 Å². The number of rotatable bonds is 10. The van der Waals surface area contributed by atoms with Crippen LogP contribution in [0.5, 0.6) is 0 Å². The average molecular weight is 391 g/mol. The van der Waals surface area contributed by atoms with Crippen molar-refractivity contribution < 1.29 is 16.8 Å². The first-order valence-electron chi connectivity index (χ1n) is 8.48. The van der Waals surface area contributed by atoms with E-state index < -0.39 is 20.0 Å². The third-order valence-electron chi connectivity index (χ3n) is 3.94. The second-order valence-electron chi connectivity index (χ2n) is 6.97. The molecule has 1 aromatic carbocycles. The van der Waals surface area contributed by atoms with E-state index >= 15 is 0 Å². The van der Waals surface area contributed by atoms with Crippen LogP contribution in [0, 0.1) is 5.92 Å². The second-order valence-corrected chi connectivity index (χ2v) is 10.7. The molecule has 0 spiro atoms. The normalized spacial score (nSPS) is 13.1. The second kappa shape index (κ2) is 9.12. The van der Waals surface area contributed by atoms with Gasteiger partial charge in [0.05, 0.1) is 11.2 Å². The van der Waals surface area contributed by atoms with Crippen LogP contribution in [0.25, 0.3) is 0 Å². The summed E-state index contributed by atoms with van der Waals surface area (Å²) in [6.45, 7) is 8.67. The molecule has 0 aromatic heterocycles. The highest BCUT2D eigenvalue weighted by atomic mass is 32.2. The number of benzene rings is 1. The van der Waals surface area contributed by atoms with Crippen molar-refractivity contribution >= 4 is 20.0 Å². The summed E-state index contributed by atoms with van der Waals surface area (Å²) in [6.07, 6.45) is 1.88. The van der Waals surface area contributed by atoms with E-state index in [2.05, 4.69) is 4.72 Å². The molecule has 0 aliphatic carbocycles. The summed E-state index contributed by atoms with van der Waals surface area (Å²) in [5.41, 5.74) is 1.07. The zero-order chi connectivity index (χ0) is 19.3. The third-order valence-corrected chi connectivity index (χ3v) is 6.72. The van der Waals surface area contributed by atoms with Crippen LogP contribution in [0.15, 0.2) is 29.2 Å². The highest BCUT2D eigenvalue weighted by molar-refractivity contribution is 7.89. The van der Waals surface area contributed by atoms with Gasteiger partial charge in [0.25, 0.3) is 0 Å². The van der Waals surface area contributed by atoms with E-state index in [1.807, 2.05) is 27.7 Å². The van der Waals surface area contributed by atoms with Crippen molar-refractivity contribution in [3.05, 3.63) is 29.8 Å². The van der Waals surface area contributed by atoms with Crippen LogP contribution >= 0.6 is 0 Å². The fourth-order valence-corrected chi connectivity index (χ4v) is 4.15. The molecule has 0 bridgehead atoms. The lowest BCUT2D eigenvalue weighted by molar-refractivity contribution is 0.385. The maximum Gasteiger partial charge on any atom is 0.240 e. The summed E-state index contributed by atoms with van der Waals surface area (Å²) in [7, 11) is -7.01. The Kier molecular flexibility index (Phi) is 8.05. The molecule has 0 saturated carbocycles. The molecular weight excluding hydrogens is 360 g/mol. The fourth-order valence-electron chi connectivity index (χ4n) is 2.27. The van der Waals surface area contributed by atoms with Gasteiger partial charge in [-0.15, -0.1) is 0 Å². The Balaban J connectivity index is 2.70. The van der Waals surface area contributed by atoms with E-state index in [1.54, 1.807) is 24.3 Å². The van der Waals surface area contributed by atoms with Crippen molar-refractivity contribution in [1.82, 2.24) is 9.03 Å². The summed E-state index contributed by atoms with van der Waals surface area (Å²) in [6, 6.07) is 6.74. The Hall–Kier alpha value is -0.960. The fraction of sp³-hybridized carbons (Fsp3) is 0.647. The minimum atomic E-state index is -3.65. The highest BCUT2D eigenvalue weighted by Crippen LogP contribution is 2.17. The molecule has 6 nitrogen and oxygen atoms in total. The number of sulfonamides is 2. The van der Waals surface area contributed by atoms with Crippen LogP contribution in [0.1, 0.15) is 45.6 Å². The molecule has 25 heavy (non-hydrogen) atoms. The van der Waals surface area contributed by atoms with Gasteiger partial charge in [0.2, 0.25) is 20.0 Å². The monoisotopic (exact) mass is 390 g/mol. The van der Waals surface area contributed by atoms with Crippen LogP contribution in [-0.2, 0) is 20.0 Å². The van der Waals surface area contributed by atoms with Gasteiger partial charge in [-0.3, -0.25) is 0 Å². The summed E-state index contributed by atoms with van der Waals surface area (Å²) in [5, 5.41) is 0. The van der Waals surface area contributed by atoms with E-state index in [-0.39, 0.29) is 18.0 Å². The molecule has 0 fully saturated rings. The van der Waals surface area contributed by atoms with Crippen LogP contribution in [0.4, 0.5) is 0 Å².